The summed E-state index contributed by atoms with van der Waals surface area (Å²) in [4.78, 5) is 49.1. The van der Waals surface area contributed by atoms with Gasteiger partial charge in [-0.1, -0.05) is 175 Å². The number of carbonyl (C=O) groups excluding carboxylic acids is 3. The largest absolute Gasteiger partial charge is 0.462 e. The summed E-state index contributed by atoms with van der Waals surface area (Å²) in [6, 6.07) is -2.16. The number of esters is 3. The first kappa shape index (κ1) is 101. The smallest absolute Gasteiger partial charge is 0.306 e. The maximum Gasteiger partial charge on any atom is 0.306 e. The van der Waals surface area contributed by atoms with Gasteiger partial charge in [-0.15, -0.1) is 0 Å². The minimum atomic E-state index is -1.06. The molecule has 11 atom stereocenters. The van der Waals surface area contributed by atoms with Crippen molar-refractivity contribution in [2.45, 2.75) is 332 Å². The van der Waals surface area contributed by atoms with Crippen LogP contribution in [0.25, 0.3) is 0 Å². The summed E-state index contributed by atoms with van der Waals surface area (Å²) in [7, 11) is 0. The van der Waals surface area contributed by atoms with E-state index in [1.54, 1.807) is 4.90 Å². The Morgan fingerprint density at radius 3 is 0.777 bits per heavy atom. The molecular formula is C77H155N5O21. The van der Waals surface area contributed by atoms with E-state index in [0.717, 1.165) is 109 Å². The molecule has 614 valence electrons. The third-order valence-electron chi connectivity index (χ3n) is 20.3. The zero-order chi connectivity index (χ0) is 76.5. The number of carbonyl (C=O) groups is 3. The Morgan fingerprint density at radius 1 is 0.262 bits per heavy atom. The molecule has 15 N–H and O–H groups in total. The van der Waals surface area contributed by atoms with Crippen LogP contribution in [0.1, 0.15) is 265 Å². The van der Waals surface area contributed by atoms with Gasteiger partial charge in [-0.2, -0.15) is 0 Å². The van der Waals surface area contributed by atoms with Crippen molar-refractivity contribution in [3.63, 3.8) is 0 Å². The predicted molar refractivity (Wildman–Crippen MR) is 402 cm³/mol. The van der Waals surface area contributed by atoms with Gasteiger partial charge < -0.3 is 90.8 Å². The van der Waals surface area contributed by atoms with E-state index in [2.05, 4.69) is 20.8 Å². The molecule has 0 heterocycles. The molecule has 0 aromatic carbocycles. The lowest BCUT2D eigenvalue weighted by Gasteiger charge is -2.40. The molecule has 0 aliphatic carbocycles. The topological polar surface area (TPSA) is 399 Å². The Labute approximate surface area is 621 Å². The van der Waals surface area contributed by atoms with Crippen molar-refractivity contribution >= 4 is 17.9 Å². The van der Waals surface area contributed by atoms with Crippen molar-refractivity contribution in [1.29, 1.82) is 0 Å². The van der Waals surface area contributed by atoms with Crippen LogP contribution >= 0.6 is 0 Å². The highest BCUT2D eigenvalue weighted by Gasteiger charge is 2.36. The molecule has 0 bridgehead atoms. The Hall–Kier alpha value is -2.39. The third-order valence-corrected chi connectivity index (χ3v) is 20.3. The third kappa shape index (κ3) is 50.1. The standard InChI is InChI=1S/C77H155N5O21/c1-4-7-10-11-17-26-35-70(93)65(78(40-50-83)41-51-84)32-24-15-12-19-28-37-75(98)101-62-64(103-77(100)39-30-21-14-18-27-36-72(95)69(82(48-58-91)49-59-92)61-73(96)66(31-22-8-5-2)79(42-52-85)43-53-86)63-102-76(99)38-29-20-13-16-25-33-67(80(44-54-87)45-55-88)74(97)60-68(71(94)34-23-9-6-3)81(46-56-89)47-57-90/h64-74,83-97H,4-63H2,1-3H3. The number of aliphatic hydroxyl groups excluding tert-OH is 15. The summed E-state index contributed by atoms with van der Waals surface area (Å²) in [6.07, 6.45) is 21.4. The molecule has 0 saturated carbocycles. The molecule has 0 aliphatic rings. The average Bonchev–Trinajstić information content (AvgIpc) is 0.859. The van der Waals surface area contributed by atoms with Gasteiger partial charge in [0.05, 0.1) is 96.6 Å². The summed E-state index contributed by atoms with van der Waals surface area (Å²) in [5, 5.41) is 157. The SMILES string of the molecule is CCCCCCCCC(O)C(CCCCCCCC(=O)OCC(COC(=O)CCCCCCCC(C(O)CC(C(O)CCCCC)N(CCO)CCO)N(CCO)CCO)OC(=O)CCCCCCCC(O)C(CC(O)C(CCCCC)N(CCO)CCO)N(CCO)CCO)N(CCO)CCO. The number of aliphatic hydroxyl groups is 15. The van der Waals surface area contributed by atoms with Gasteiger partial charge in [0.2, 0.25) is 0 Å². The van der Waals surface area contributed by atoms with E-state index in [1.807, 2.05) is 19.6 Å². The fourth-order valence-electron chi connectivity index (χ4n) is 14.5. The van der Waals surface area contributed by atoms with E-state index in [4.69, 9.17) is 14.2 Å². The minimum Gasteiger partial charge on any atom is -0.462 e. The Bertz CT molecular complexity index is 1870. The van der Waals surface area contributed by atoms with Crippen molar-refractivity contribution < 1.29 is 105 Å². The van der Waals surface area contributed by atoms with Crippen LogP contribution in [0.2, 0.25) is 0 Å². The quantitative estimate of drug-likeness (QED) is 0.0218. The van der Waals surface area contributed by atoms with Crippen LogP contribution in [0, 0.1) is 0 Å². The summed E-state index contributed by atoms with van der Waals surface area (Å²) in [6.45, 7) is 6.58. The highest BCUT2D eigenvalue weighted by molar-refractivity contribution is 5.71. The van der Waals surface area contributed by atoms with E-state index in [9.17, 15) is 91.0 Å². The minimum absolute atomic E-state index is 0.0538. The first-order valence-electron chi connectivity index (χ1n) is 40.7. The Kier molecular flexibility index (Phi) is 68.4. The molecule has 26 heteroatoms. The molecule has 0 rings (SSSR count). The van der Waals surface area contributed by atoms with E-state index >= 15 is 0 Å². The number of hydrogen-bond donors (Lipinski definition) is 15. The lowest BCUT2D eigenvalue weighted by Crippen LogP contribution is -2.52. The number of unbranched alkanes of at least 4 members (excludes halogenated alkanes) is 21. The van der Waals surface area contributed by atoms with Gasteiger partial charge in [-0.25, -0.2) is 0 Å². The number of nitrogens with zero attached hydrogens (tertiary/aromatic N) is 5. The van der Waals surface area contributed by atoms with Gasteiger partial charge in [0.15, 0.2) is 6.10 Å². The van der Waals surface area contributed by atoms with Gasteiger partial charge in [0.1, 0.15) is 13.2 Å². The molecular weight excluding hydrogens is 1330 g/mol. The second-order valence-electron chi connectivity index (χ2n) is 28.5. The van der Waals surface area contributed by atoms with Crippen LogP contribution in [0.3, 0.4) is 0 Å². The van der Waals surface area contributed by atoms with E-state index in [0.29, 0.717) is 96.6 Å². The van der Waals surface area contributed by atoms with Crippen LogP contribution in [0.4, 0.5) is 0 Å². The maximum absolute atomic E-state index is 13.4. The monoisotopic (exact) mass is 1490 g/mol. The van der Waals surface area contributed by atoms with Gasteiger partial charge in [-0.05, 0) is 70.6 Å². The molecule has 0 amide bonds. The van der Waals surface area contributed by atoms with Gasteiger partial charge in [0.25, 0.3) is 0 Å². The van der Waals surface area contributed by atoms with Crippen molar-refractivity contribution in [3.05, 3.63) is 0 Å². The van der Waals surface area contributed by atoms with Crippen LogP contribution < -0.4 is 0 Å². The fourth-order valence-corrected chi connectivity index (χ4v) is 14.5. The molecule has 26 nitrogen and oxygen atoms in total. The molecule has 0 aliphatic heterocycles. The lowest BCUT2D eigenvalue weighted by molar-refractivity contribution is -0.167. The van der Waals surface area contributed by atoms with Crippen molar-refractivity contribution in [3.8, 4) is 0 Å². The van der Waals surface area contributed by atoms with Gasteiger partial charge in [-0.3, -0.25) is 38.9 Å². The second kappa shape index (κ2) is 70.0. The average molecular weight is 1490 g/mol. The maximum atomic E-state index is 13.4. The zero-order valence-electron chi connectivity index (χ0n) is 64.7. The summed E-state index contributed by atoms with van der Waals surface area (Å²) in [5.41, 5.74) is 0. The highest BCUT2D eigenvalue weighted by Crippen LogP contribution is 2.27. The Morgan fingerprint density at radius 2 is 0.476 bits per heavy atom. The van der Waals surface area contributed by atoms with Gasteiger partial charge in [0, 0.05) is 115 Å². The lowest BCUT2D eigenvalue weighted by atomic mass is 9.91. The van der Waals surface area contributed by atoms with E-state index < -0.39 is 72.7 Å². The fraction of sp³-hybridized carbons (Fsp3) is 0.961. The molecule has 0 fully saturated rings. The first-order chi connectivity index (χ1) is 50.0. The molecule has 11 unspecified atom stereocenters. The van der Waals surface area contributed by atoms with Crippen molar-refractivity contribution in [2.75, 3.05) is 145 Å². The normalized spacial score (nSPS) is 15.4. The Balaban J connectivity index is 5.95. The summed E-state index contributed by atoms with van der Waals surface area (Å²) in [5.74, 6) is -1.54. The number of rotatable bonds is 78. The van der Waals surface area contributed by atoms with Crippen LogP contribution in [0.15, 0.2) is 0 Å². The summed E-state index contributed by atoms with van der Waals surface area (Å²) >= 11 is 0. The molecule has 0 aromatic heterocycles. The molecule has 0 radical (unpaired) electrons. The van der Waals surface area contributed by atoms with E-state index in [-0.39, 0.29) is 176 Å². The number of hydrogen-bond acceptors (Lipinski definition) is 26. The van der Waals surface area contributed by atoms with Crippen molar-refractivity contribution in [2.24, 2.45) is 0 Å². The molecule has 0 saturated heterocycles. The second-order valence-corrected chi connectivity index (χ2v) is 28.5. The predicted octanol–water partition coefficient (Wildman–Crippen LogP) is 4.95. The van der Waals surface area contributed by atoms with Crippen LogP contribution in [0.5, 0.6) is 0 Å². The van der Waals surface area contributed by atoms with Crippen molar-refractivity contribution in [1.82, 2.24) is 24.5 Å². The molecule has 103 heavy (non-hydrogen) atoms. The highest BCUT2D eigenvalue weighted by atomic mass is 16.6. The first-order valence-corrected chi connectivity index (χ1v) is 40.7. The van der Waals surface area contributed by atoms with Gasteiger partial charge >= 0.3 is 17.9 Å². The molecule has 0 aromatic rings. The molecule has 0 spiro atoms. The van der Waals surface area contributed by atoms with Crippen LogP contribution in [-0.2, 0) is 28.6 Å². The number of ether oxygens (including phenoxy) is 3. The summed E-state index contributed by atoms with van der Waals surface area (Å²) < 4.78 is 17.1. The van der Waals surface area contributed by atoms with Crippen LogP contribution in [-0.4, -0.2) is 331 Å². The zero-order valence-corrected chi connectivity index (χ0v) is 64.7. The van der Waals surface area contributed by atoms with E-state index in [1.165, 1.54) is 19.3 Å².